The highest BCUT2D eigenvalue weighted by Gasteiger charge is 2.37. The summed E-state index contributed by atoms with van der Waals surface area (Å²) in [6.45, 7) is 10.0. The van der Waals surface area contributed by atoms with Gasteiger partial charge in [-0.1, -0.05) is 30.3 Å². The van der Waals surface area contributed by atoms with Gasteiger partial charge in [0.05, 0.1) is 17.6 Å². The van der Waals surface area contributed by atoms with Crippen molar-refractivity contribution in [3.8, 4) is 0 Å². The molecule has 0 aliphatic carbocycles. The molecule has 0 spiro atoms. The van der Waals surface area contributed by atoms with Crippen molar-refractivity contribution in [1.29, 1.82) is 0 Å². The van der Waals surface area contributed by atoms with Gasteiger partial charge >= 0.3 is 6.16 Å². The van der Waals surface area contributed by atoms with E-state index < -0.39 is 17.7 Å². The number of benzene rings is 1. The molecule has 0 amide bonds. The van der Waals surface area contributed by atoms with Gasteiger partial charge in [0.1, 0.15) is 6.10 Å². The molecule has 0 bridgehead atoms. The van der Waals surface area contributed by atoms with E-state index in [2.05, 4.69) is 0 Å². The lowest BCUT2D eigenvalue weighted by Gasteiger charge is -2.37. The van der Waals surface area contributed by atoms with Crippen molar-refractivity contribution >= 4 is 6.16 Å². The second-order valence-corrected chi connectivity index (χ2v) is 6.21. The van der Waals surface area contributed by atoms with Crippen LogP contribution in [0.25, 0.3) is 0 Å². The highest BCUT2D eigenvalue weighted by Crippen LogP contribution is 2.31. The lowest BCUT2D eigenvalue weighted by atomic mass is 9.78. The third kappa shape index (κ3) is 4.53. The first kappa shape index (κ1) is 16.5. The van der Waals surface area contributed by atoms with Crippen LogP contribution in [0, 0.1) is 0 Å². The van der Waals surface area contributed by atoms with Crippen molar-refractivity contribution in [3.05, 3.63) is 35.9 Å². The first-order chi connectivity index (χ1) is 9.15. The molecular formula is C16H24O4. The Hall–Kier alpha value is -1.55. The SMILES string of the molecule is CC(OC(=O)O)C(C)(COC(C)(C)C)c1ccccc1. The van der Waals surface area contributed by atoms with Crippen LogP contribution in [0.2, 0.25) is 0 Å². The van der Waals surface area contributed by atoms with Crippen LogP contribution in [0.5, 0.6) is 0 Å². The van der Waals surface area contributed by atoms with E-state index in [-0.39, 0.29) is 5.60 Å². The van der Waals surface area contributed by atoms with Gasteiger partial charge in [0.15, 0.2) is 0 Å². The molecule has 2 atom stereocenters. The van der Waals surface area contributed by atoms with Gasteiger partial charge in [-0.2, -0.15) is 0 Å². The molecule has 2 unspecified atom stereocenters. The summed E-state index contributed by atoms with van der Waals surface area (Å²) in [5.41, 5.74) is 0.171. The predicted octanol–water partition coefficient (Wildman–Crippen LogP) is 3.84. The Morgan fingerprint density at radius 3 is 2.20 bits per heavy atom. The van der Waals surface area contributed by atoms with Gasteiger partial charge < -0.3 is 14.6 Å². The molecule has 0 aromatic heterocycles. The second-order valence-electron chi connectivity index (χ2n) is 6.21. The lowest BCUT2D eigenvalue weighted by molar-refractivity contribution is -0.0618. The van der Waals surface area contributed by atoms with Crippen molar-refractivity contribution in [1.82, 2.24) is 0 Å². The minimum atomic E-state index is -1.27. The van der Waals surface area contributed by atoms with Crippen LogP contribution in [0.1, 0.15) is 40.2 Å². The average molecular weight is 280 g/mol. The summed E-state index contributed by atoms with van der Waals surface area (Å²) in [6.07, 6.45) is -1.78. The minimum absolute atomic E-state index is 0.293. The molecule has 0 fully saturated rings. The molecule has 4 heteroatoms. The van der Waals surface area contributed by atoms with Crippen LogP contribution >= 0.6 is 0 Å². The van der Waals surface area contributed by atoms with Gasteiger partial charge in [-0.25, -0.2) is 4.79 Å². The average Bonchev–Trinajstić information content (AvgIpc) is 2.35. The quantitative estimate of drug-likeness (QED) is 0.832. The smallest absolute Gasteiger partial charge is 0.450 e. The Morgan fingerprint density at radius 1 is 1.20 bits per heavy atom. The molecule has 1 aromatic carbocycles. The zero-order valence-electron chi connectivity index (χ0n) is 12.8. The Labute approximate surface area is 120 Å². The maximum absolute atomic E-state index is 10.8. The summed E-state index contributed by atoms with van der Waals surface area (Å²) >= 11 is 0. The van der Waals surface area contributed by atoms with Crippen LogP contribution in [-0.2, 0) is 14.9 Å². The Bertz CT molecular complexity index is 436. The normalized spacial score (nSPS) is 16.2. The minimum Gasteiger partial charge on any atom is -0.450 e. The van der Waals surface area contributed by atoms with E-state index in [0.29, 0.717) is 6.61 Å². The molecule has 1 rings (SSSR count). The summed E-state index contributed by atoms with van der Waals surface area (Å²) in [7, 11) is 0. The van der Waals surface area contributed by atoms with Crippen molar-refractivity contribution in [2.75, 3.05) is 6.61 Å². The van der Waals surface area contributed by atoms with E-state index in [4.69, 9.17) is 14.6 Å². The topological polar surface area (TPSA) is 55.8 Å². The van der Waals surface area contributed by atoms with Crippen molar-refractivity contribution in [2.24, 2.45) is 0 Å². The summed E-state index contributed by atoms with van der Waals surface area (Å²) in [6, 6.07) is 9.72. The second kappa shape index (κ2) is 6.27. The molecule has 0 saturated heterocycles. The van der Waals surface area contributed by atoms with Gasteiger partial charge in [0, 0.05) is 0 Å². The standard InChI is InChI=1S/C16H24O4/c1-12(20-14(17)18)16(5,11-19-15(2,3)4)13-9-7-6-8-10-13/h6-10,12H,11H2,1-5H3,(H,17,18). The van der Waals surface area contributed by atoms with E-state index in [9.17, 15) is 4.79 Å². The molecule has 1 aromatic rings. The van der Waals surface area contributed by atoms with Crippen molar-refractivity contribution in [2.45, 2.75) is 51.7 Å². The number of carbonyl (C=O) groups is 1. The van der Waals surface area contributed by atoms with Crippen molar-refractivity contribution < 1.29 is 19.4 Å². The summed E-state index contributed by atoms with van der Waals surface area (Å²) < 4.78 is 10.9. The number of ether oxygens (including phenoxy) is 2. The number of hydrogen-bond acceptors (Lipinski definition) is 3. The molecule has 0 saturated carbocycles. The fourth-order valence-electron chi connectivity index (χ4n) is 1.90. The molecule has 0 aliphatic rings. The first-order valence-corrected chi connectivity index (χ1v) is 6.74. The Kier molecular flexibility index (Phi) is 5.17. The molecule has 112 valence electrons. The number of carboxylic acid groups (broad SMARTS) is 1. The number of hydrogen-bond donors (Lipinski definition) is 1. The molecule has 20 heavy (non-hydrogen) atoms. The largest absolute Gasteiger partial charge is 0.506 e. The van der Waals surface area contributed by atoms with E-state index in [0.717, 1.165) is 5.56 Å². The van der Waals surface area contributed by atoms with Gasteiger partial charge in [-0.05, 0) is 40.2 Å². The Balaban J connectivity index is 3.02. The van der Waals surface area contributed by atoms with Crippen LogP contribution in [0.3, 0.4) is 0 Å². The van der Waals surface area contributed by atoms with Crippen LogP contribution in [0.15, 0.2) is 30.3 Å². The zero-order valence-corrected chi connectivity index (χ0v) is 12.8. The summed E-state index contributed by atoms with van der Waals surface area (Å²) in [4.78, 5) is 10.8. The summed E-state index contributed by atoms with van der Waals surface area (Å²) in [5.74, 6) is 0. The fourth-order valence-corrected chi connectivity index (χ4v) is 1.90. The van der Waals surface area contributed by atoms with Gasteiger partial charge in [-0.3, -0.25) is 0 Å². The fraction of sp³-hybridized carbons (Fsp3) is 0.562. The Morgan fingerprint density at radius 2 is 1.75 bits per heavy atom. The molecule has 0 radical (unpaired) electrons. The molecular weight excluding hydrogens is 256 g/mol. The molecule has 0 heterocycles. The van der Waals surface area contributed by atoms with E-state index in [1.165, 1.54) is 0 Å². The maximum Gasteiger partial charge on any atom is 0.506 e. The van der Waals surface area contributed by atoms with E-state index in [1.807, 2.05) is 58.0 Å². The predicted molar refractivity (Wildman–Crippen MR) is 78.1 cm³/mol. The van der Waals surface area contributed by atoms with Gasteiger partial charge in [0.2, 0.25) is 0 Å². The van der Waals surface area contributed by atoms with Crippen LogP contribution < -0.4 is 0 Å². The van der Waals surface area contributed by atoms with Crippen molar-refractivity contribution in [3.63, 3.8) is 0 Å². The maximum atomic E-state index is 10.8. The van der Waals surface area contributed by atoms with E-state index >= 15 is 0 Å². The van der Waals surface area contributed by atoms with Gasteiger partial charge in [0.25, 0.3) is 0 Å². The summed E-state index contributed by atoms with van der Waals surface area (Å²) in [5, 5.41) is 8.86. The number of rotatable bonds is 5. The lowest BCUT2D eigenvalue weighted by Crippen LogP contribution is -2.43. The van der Waals surface area contributed by atoms with Gasteiger partial charge in [-0.15, -0.1) is 0 Å². The monoisotopic (exact) mass is 280 g/mol. The van der Waals surface area contributed by atoms with E-state index in [1.54, 1.807) is 6.92 Å². The van der Waals surface area contributed by atoms with Crippen LogP contribution in [0.4, 0.5) is 4.79 Å². The zero-order chi connectivity index (χ0) is 15.4. The third-order valence-corrected chi connectivity index (χ3v) is 3.41. The third-order valence-electron chi connectivity index (χ3n) is 3.41. The highest BCUT2D eigenvalue weighted by atomic mass is 16.7. The first-order valence-electron chi connectivity index (χ1n) is 6.74. The molecule has 4 nitrogen and oxygen atoms in total. The highest BCUT2D eigenvalue weighted by molar-refractivity contribution is 5.57. The van der Waals surface area contributed by atoms with Crippen LogP contribution in [-0.4, -0.2) is 29.6 Å². The molecule has 1 N–H and O–H groups in total. The molecule has 0 aliphatic heterocycles.